The molecule has 7 nitrogen and oxygen atoms in total. The van der Waals surface area contributed by atoms with E-state index in [1.165, 1.54) is 4.90 Å². The molecule has 202 valence electrons. The van der Waals surface area contributed by atoms with Crippen LogP contribution in [0.25, 0.3) is 6.08 Å². The summed E-state index contributed by atoms with van der Waals surface area (Å²) in [6, 6.07) is 16.7. The molecule has 3 aromatic rings. The van der Waals surface area contributed by atoms with Gasteiger partial charge in [-0.3, -0.25) is 19.3 Å². The van der Waals surface area contributed by atoms with Crippen LogP contribution in [0.4, 0.5) is 10.5 Å². The molecule has 0 aliphatic carbocycles. The predicted octanol–water partition coefficient (Wildman–Crippen LogP) is 7.48. The van der Waals surface area contributed by atoms with Gasteiger partial charge in [0.1, 0.15) is 0 Å². The molecule has 0 bridgehead atoms. The van der Waals surface area contributed by atoms with E-state index in [0.717, 1.165) is 38.6 Å². The standard InChI is InChI=1S/C29H26Br2N2O5S/c1-4-37-24-13-20(14-25-28(35)33(29(36)39-25)15-19-6-8-21(30)9-7-19)12-22(31)27(24)38-16-26(34)32-23-10-5-17(2)11-18(23)3/h5-14H,4,15-16H2,1-3H3,(H,32,34)/b25-14-. The Morgan fingerprint density at radius 3 is 2.46 bits per heavy atom. The summed E-state index contributed by atoms with van der Waals surface area (Å²) in [5, 5.41) is 2.54. The average Bonchev–Trinajstić information content (AvgIpc) is 3.14. The molecule has 1 N–H and O–H groups in total. The third-order valence-electron chi connectivity index (χ3n) is 5.76. The summed E-state index contributed by atoms with van der Waals surface area (Å²) in [5.74, 6) is 0.116. The SMILES string of the molecule is CCOc1cc(/C=C2\SC(=O)N(Cc3ccc(Br)cc3)C2=O)cc(Br)c1OCC(=O)Nc1ccc(C)cc1C. The monoisotopic (exact) mass is 672 g/mol. The molecule has 39 heavy (non-hydrogen) atoms. The summed E-state index contributed by atoms with van der Waals surface area (Å²) in [5.41, 5.74) is 4.30. The van der Waals surface area contributed by atoms with E-state index >= 15 is 0 Å². The van der Waals surface area contributed by atoms with Crippen LogP contribution in [0.15, 0.2) is 68.4 Å². The lowest BCUT2D eigenvalue weighted by Gasteiger charge is -2.15. The average molecular weight is 674 g/mol. The molecule has 0 saturated carbocycles. The summed E-state index contributed by atoms with van der Waals surface area (Å²) >= 11 is 7.79. The van der Waals surface area contributed by atoms with Gasteiger partial charge in [0.25, 0.3) is 17.1 Å². The van der Waals surface area contributed by atoms with Crippen LogP contribution in [0.1, 0.15) is 29.2 Å². The van der Waals surface area contributed by atoms with E-state index in [0.29, 0.717) is 33.0 Å². The van der Waals surface area contributed by atoms with Crippen molar-refractivity contribution in [2.24, 2.45) is 0 Å². The molecule has 10 heteroatoms. The molecule has 1 fully saturated rings. The molecule has 0 spiro atoms. The van der Waals surface area contributed by atoms with E-state index in [1.54, 1.807) is 18.2 Å². The lowest BCUT2D eigenvalue weighted by Crippen LogP contribution is -2.27. The minimum atomic E-state index is -0.356. The predicted molar refractivity (Wildman–Crippen MR) is 161 cm³/mol. The summed E-state index contributed by atoms with van der Waals surface area (Å²) in [7, 11) is 0. The number of nitrogens with one attached hydrogen (secondary N) is 1. The van der Waals surface area contributed by atoms with Gasteiger partial charge in [0.2, 0.25) is 0 Å². The number of hydrogen-bond donors (Lipinski definition) is 1. The third kappa shape index (κ3) is 7.32. The number of imide groups is 1. The molecular formula is C29H26Br2N2O5S. The fourth-order valence-corrected chi connectivity index (χ4v) is 5.59. The van der Waals surface area contributed by atoms with E-state index in [9.17, 15) is 14.4 Å². The lowest BCUT2D eigenvalue weighted by molar-refractivity contribution is -0.123. The Morgan fingerprint density at radius 2 is 1.77 bits per heavy atom. The van der Waals surface area contributed by atoms with Gasteiger partial charge in [0, 0.05) is 10.2 Å². The quantitative estimate of drug-likeness (QED) is 0.237. The molecule has 1 aliphatic heterocycles. The van der Waals surface area contributed by atoms with Gasteiger partial charge in [-0.25, -0.2) is 0 Å². The number of anilines is 1. The number of nitrogens with zero attached hydrogens (tertiary/aromatic N) is 1. The van der Waals surface area contributed by atoms with Crippen molar-refractivity contribution in [3.05, 3.63) is 90.7 Å². The van der Waals surface area contributed by atoms with Gasteiger partial charge in [-0.1, -0.05) is 45.8 Å². The molecule has 0 unspecified atom stereocenters. The number of amides is 3. The first-order chi connectivity index (χ1) is 18.6. The number of rotatable bonds is 9. The number of hydrogen-bond acceptors (Lipinski definition) is 6. The van der Waals surface area contributed by atoms with Crippen LogP contribution in [-0.4, -0.2) is 35.2 Å². The van der Waals surface area contributed by atoms with Crippen molar-refractivity contribution >= 4 is 72.4 Å². The Bertz CT molecular complexity index is 1460. The molecule has 4 rings (SSSR count). The van der Waals surface area contributed by atoms with Gasteiger partial charge in [-0.2, -0.15) is 0 Å². The molecule has 1 saturated heterocycles. The van der Waals surface area contributed by atoms with Crippen molar-refractivity contribution in [1.82, 2.24) is 4.90 Å². The van der Waals surface area contributed by atoms with Gasteiger partial charge in [-0.05, 0) is 102 Å². The minimum absolute atomic E-state index is 0.195. The van der Waals surface area contributed by atoms with Crippen LogP contribution in [0.3, 0.4) is 0 Å². The van der Waals surface area contributed by atoms with Crippen molar-refractivity contribution in [2.45, 2.75) is 27.3 Å². The van der Waals surface area contributed by atoms with E-state index in [2.05, 4.69) is 37.2 Å². The number of aryl methyl sites for hydroxylation is 2. The van der Waals surface area contributed by atoms with Gasteiger partial charge in [0.15, 0.2) is 18.1 Å². The maximum atomic E-state index is 13.0. The summed E-state index contributed by atoms with van der Waals surface area (Å²) in [6.07, 6.45) is 1.65. The van der Waals surface area contributed by atoms with Crippen LogP contribution >= 0.6 is 43.6 Å². The zero-order valence-corrected chi connectivity index (χ0v) is 25.5. The summed E-state index contributed by atoms with van der Waals surface area (Å²) in [6.45, 7) is 6.10. The Morgan fingerprint density at radius 1 is 1.03 bits per heavy atom. The maximum Gasteiger partial charge on any atom is 0.293 e. The number of carbonyl (C=O) groups is 3. The second-order valence-corrected chi connectivity index (χ2v) is 11.6. The van der Waals surface area contributed by atoms with Crippen LogP contribution < -0.4 is 14.8 Å². The Kier molecular flexibility index (Phi) is 9.53. The lowest BCUT2D eigenvalue weighted by atomic mass is 10.1. The van der Waals surface area contributed by atoms with Crippen LogP contribution in [0, 0.1) is 13.8 Å². The van der Waals surface area contributed by atoms with Crippen LogP contribution in [0.2, 0.25) is 0 Å². The highest BCUT2D eigenvalue weighted by Crippen LogP contribution is 2.39. The van der Waals surface area contributed by atoms with Crippen molar-refractivity contribution in [1.29, 1.82) is 0 Å². The normalized spacial score (nSPS) is 14.2. The van der Waals surface area contributed by atoms with Crippen molar-refractivity contribution in [3.63, 3.8) is 0 Å². The molecule has 0 aromatic heterocycles. The molecule has 3 aromatic carbocycles. The van der Waals surface area contributed by atoms with E-state index in [1.807, 2.05) is 63.2 Å². The number of halogens is 2. The van der Waals surface area contributed by atoms with Gasteiger partial charge in [0.05, 0.1) is 22.5 Å². The van der Waals surface area contributed by atoms with Crippen molar-refractivity contribution in [3.8, 4) is 11.5 Å². The summed E-state index contributed by atoms with van der Waals surface area (Å²) in [4.78, 5) is 39.7. The van der Waals surface area contributed by atoms with Crippen molar-refractivity contribution < 1.29 is 23.9 Å². The molecule has 1 heterocycles. The third-order valence-corrected chi connectivity index (χ3v) is 7.79. The van der Waals surface area contributed by atoms with Crippen LogP contribution in [0.5, 0.6) is 11.5 Å². The minimum Gasteiger partial charge on any atom is -0.490 e. The second kappa shape index (κ2) is 12.8. The molecular weight excluding hydrogens is 648 g/mol. The van der Waals surface area contributed by atoms with Crippen LogP contribution in [-0.2, 0) is 16.1 Å². The fraction of sp³-hybridized carbons (Fsp3) is 0.207. The zero-order chi connectivity index (χ0) is 28.1. The maximum absolute atomic E-state index is 13.0. The largest absolute Gasteiger partial charge is 0.490 e. The number of ether oxygens (including phenoxy) is 2. The van der Waals surface area contributed by atoms with E-state index in [-0.39, 0.29) is 30.2 Å². The van der Waals surface area contributed by atoms with Gasteiger partial charge >= 0.3 is 0 Å². The Labute approximate surface area is 248 Å². The Hall–Kier alpha value is -3.08. The smallest absolute Gasteiger partial charge is 0.293 e. The first-order valence-electron chi connectivity index (χ1n) is 12.1. The number of benzene rings is 3. The van der Waals surface area contributed by atoms with Crippen molar-refractivity contribution in [2.75, 3.05) is 18.5 Å². The highest BCUT2D eigenvalue weighted by molar-refractivity contribution is 9.10. The molecule has 3 amide bonds. The van der Waals surface area contributed by atoms with Gasteiger partial charge in [-0.15, -0.1) is 0 Å². The first kappa shape index (κ1) is 28.9. The molecule has 1 aliphatic rings. The molecule has 0 radical (unpaired) electrons. The topological polar surface area (TPSA) is 84.9 Å². The number of thioether (sulfide) groups is 1. The summed E-state index contributed by atoms with van der Waals surface area (Å²) < 4.78 is 13.1. The fourth-order valence-electron chi connectivity index (χ4n) is 3.91. The van der Waals surface area contributed by atoms with E-state index in [4.69, 9.17) is 9.47 Å². The second-order valence-electron chi connectivity index (χ2n) is 8.81. The Balaban J connectivity index is 1.48. The number of carbonyl (C=O) groups excluding carboxylic acids is 3. The highest BCUT2D eigenvalue weighted by atomic mass is 79.9. The van der Waals surface area contributed by atoms with Gasteiger partial charge < -0.3 is 14.8 Å². The highest BCUT2D eigenvalue weighted by Gasteiger charge is 2.35. The van der Waals surface area contributed by atoms with E-state index < -0.39 is 0 Å². The zero-order valence-electron chi connectivity index (χ0n) is 21.5. The first-order valence-corrected chi connectivity index (χ1v) is 14.5. The molecule has 0 atom stereocenters.